The van der Waals surface area contributed by atoms with Crippen molar-refractivity contribution in [2.45, 2.75) is 6.04 Å². The molecular weight excluding hydrogens is 394 g/mol. The number of benzene rings is 2. The highest BCUT2D eigenvalue weighted by molar-refractivity contribution is 5.94. The first kappa shape index (κ1) is 20.2. The third-order valence-corrected chi connectivity index (χ3v) is 4.96. The molecule has 1 unspecified atom stereocenters. The normalized spacial score (nSPS) is 11.7. The average Bonchev–Trinajstić information content (AvgIpc) is 3.47. The van der Waals surface area contributed by atoms with Crippen LogP contribution < -0.4 is 14.8 Å². The lowest BCUT2D eigenvalue weighted by atomic mass is 10.0. The van der Waals surface area contributed by atoms with E-state index >= 15 is 0 Å². The first-order valence-corrected chi connectivity index (χ1v) is 9.70. The number of nitrogens with zero attached hydrogens (tertiary/aromatic N) is 4. The number of para-hydroxylation sites is 1. The maximum Gasteiger partial charge on any atom is 0.255 e. The molecule has 158 valence electrons. The Bertz CT molecular complexity index is 1160. The van der Waals surface area contributed by atoms with E-state index in [-0.39, 0.29) is 5.91 Å². The van der Waals surface area contributed by atoms with Crippen molar-refractivity contribution >= 4 is 5.91 Å². The van der Waals surface area contributed by atoms with Gasteiger partial charge in [-0.3, -0.25) is 4.79 Å². The number of nitrogens with one attached hydrogen (secondary N) is 1. The van der Waals surface area contributed by atoms with Gasteiger partial charge in [0.2, 0.25) is 0 Å². The largest absolute Gasteiger partial charge is 0.497 e. The predicted molar refractivity (Wildman–Crippen MR) is 116 cm³/mol. The van der Waals surface area contributed by atoms with Crippen molar-refractivity contribution in [3.05, 3.63) is 90.3 Å². The Morgan fingerprint density at radius 3 is 2.39 bits per heavy atom. The Balaban J connectivity index is 1.67. The van der Waals surface area contributed by atoms with Crippen LogP contribution in [-0.2, 0) is 7.05 Å². The predicted octanol–water partition coefficient (Wildman–Crippen LogP) is 3.14. The summed E-state index contributed by atoms with van der Waals surface area (Å²) in [6.07, 6.45) is 6.77. The van der Waals surface area contributed by atoms with Gasteiger partial charge in [0.05, 0.1) is 31.7 Å². The van der Waals surface area contributed by atoms with Gasteiger partial charge in [0, 0.05) is 31.7 Å². The molecule has 1 N–H and O–H groups in total. The third kappa shape index (κ3) is 4.28. The summed E-state index contributed by atoms with van der Waals surface area (Å²) in [5, 5.41) is 7.39. The Hall–Kier alpha value is -4.07. The monoisotopic (exact) mass is 417 g/mol. The number of ether oxygens (including phenoxy) is 2. The van der Waals surface area contributed by atoms with Crippen LogP contribution in [0.4, 0.5) is 0 Å². The van der Waals surface area contributed by atoms with Crippen molar-refractivity contribution in [1.82, 2.24) is 24.6 Å². The maximum atomic E-state index is 13.1. The zero-order chi connectivity index (χ0) is 21.8. The third-order valence-electron chi connectivity index (χ3n) is 4.96. The van der Waals surface area contributed by atoms with Gasteiger partial charge >= 0.3 is 0 Å². The van der Waals surface area contributed by atoms with Gasteiger partial charge in [0.15, 0.2) is 0 Å². The molecule has 0 saturated carbocycles. The van der Waals surface area contributed by atoms with E-state index in [0.29, 0.717) is 22.9 Å². The van der Waals surface area contributed by atoms with Crippen LogP contribution in [0.3, 0.4) is 0 Å². The van der Waals surface area contributed by atoms with Crippen LogP contribution >= 0.6 is 0 Å². The fourth-order valence-electron chi connectivity index (χ4n) is 3.32. The fraction of sp³-hybridized carbons (Fsp3) is 0.174. The molecule has 4 aromatic rings. The van der Waals surface area contributed by atoms with Gasteiger partial charge in [-0.2, -0.15) is 5.10 Å². The second-order valence-electron chi connectivity index (χ2n) is 6.96. The number of aromatic nitrogens is 4. The molecule has 0 radical (unpaired) electrons. The smallest absolute Gasteiger partial charge is 0.255 e. The molecule has 4 rings (SSSR count). The van der Waals surface area contributed by atoms with Crippen LogP contribution in [0.5, 0.6) is 11.5 Å². The van der Waals surface area contributed by atoms with Gasteiger partial charge in [0.25, 0.3) is 5.91 Å². The zero-order valence-corrected chi connectivity index (χ0v) is 17.5. The first-order chi connectivity index (χ1) is 15.1. The molecule has 8 heteroatoms. The summed E-state index contributed by atoms with van der Waals surface area (Å²) in [5.41, 5.74) is 2.10. The quantitative estimate of drug-likeness (QED) is 0.500. The highest BCUT2D eigenvalue weighted by Crippen LogP contribution is 2.29. The van der Waals surface area contributed by atoms with Gasteiger partial charge < -0.3 is 19.4 Å². The molecule has 2 heterocycles. The van der Waals surface area contributed by atoms with Crippen molar-refractivity contribution < 1.29 is 14.3 Å². The topological polar surface area (TPSA) is 83.2 Å². The van der Waals surface area contributed by atoms with Crippen molar-refractivity contribution in [2.24, 2.45) is 7.05 Å². The summed E-state index contributed by atoms with van der Waals surface area (Å²) in [7, 11) is 5.06. The van der Waals surface area contributed by atoms with Crippen molar-refractivity contribution in [3.8, 4) is 17.2 Å². The van der Waals surface area contributed by atoms with E-state index in [1.807, 2.05) is 60.3 Å². The number of amides is 1. The maximum absolute atomic E-state index is 13.1. The van der Waals surface area contributed by atoms with Crippen molar-refractivity contribution in [2.75, 3.05) is 14.2 Å². The van der Waals surface area contributed by atoms with Crippen LogP contribution in [0, 0.1) is 0 Å². The molecule has 0 saturated heterocycles. The van der Waals surface area contributed by atoms with Crippen LogP contribution in [0.25, 0.3) is 5.69 Å². The molecule has 2 aromatic carbocycles. The Morgan fingerprint density at radius 1 is 1.06 bits per heavy atom. The lowest BCUT2D eigenvalue weighted by molar-refractivity contribution is 0.0941. The summed E-state index contributed by atoms with van der Waals surface area (Å²) in [6.45, 7) is 0. The van der Waals surface area contributed by atoms with E-state index < -0.39 is 6.04 Å². The van der Waals surface area contributed by atoms with E-state index in [4.69, 9.17) is 9.47 Å². The number of hydrogen-bond acceptors (Lipinski definition) is 5. The van der Waals surface area contributed by atoms with E-state index in [1.165, 1.54) is 0 Å². The van der Waals surface area contributed by atoms with E-state index in [9.17, 15) is 4.79 Å². The van der Waals surface area contributed by atoms with E-state index in [0.717, 1.165) is 11.3 Å². The summed E-state index contributed by atoms with van der Waals surface area (Å²) in [6, 6.07) is 14.6. The number of carbonyl (C=O) groups is 1. The number of methoxy groups -OCH3 is 2. The molecule has 0 spiro atoms. The molecule has 31 heavy (non-hydrogen) atoms. The minimum atomic E-state index is -0.517. The van der Waals surface area contributed by atoms with Gasteiger partial charge in [0.1, 0.15) is 23.4 Å². The lowest BCUT2D eigenvalue weighted by Crippen LogP contribution is -2.31. The SMILES string of the molecule is COc1cc(OC)cc(C(NC(=O)c2cnn(-c3ccccc3)c2)c2nccn2C)c1. The van der Waals surface area contributed by atoms with Crippen LogP contribution in [0.2, 0.25) is 0 Å². The number of carbonyl (C=O) groups excluding carboxylic acids is 1. The lowest BCUT2D eigenvalue weighted by Gasteiger charge is -2.20. The zero-order valence-electron chi connectivity index (χ0n) is 17.5. The first-order valence-electron chi connectivity index (χ1n) is 9.70. The van der Waals surface area contributed by atoms with E-state index in [1.54, 1.807) is 43.6 Å². The number of rotatable bonds is 7. The Kier molecular flexibility index (Phi) is 5.70. The molecule has 0 aliphatic rings. The van der Waals surface area contributed by atoms with Crippen molar-refractivity contribution in [1.29, 1.82) is 0 Å². The highest BCUT2D eigenvalue weighted by atomic mass is 16.5. The molecule has 0 fully saturated rings. The summed E-state index contributed by atoms with van der Waals surface area (Å²) >= 11 is 0. The van der Waals surface area contributed by atoms with Crippen LogP contribution in [-0.4, -0.2) is 39.5 Å². The molecule has 0 aliphatic heterocycles. The summed E-state index contributed by atoms with van der Waals surface area (Å²) in [5.74, 6) is 1.66. The molecule has 1 atom stereocenters. The van der Waals surface area contributed by atoms with E-state index in [2.05, 4.69) is 15.4 Å². The second kappa shape index (κ2) is 8.74. The van der Waals surface area contributed by atoms with Crippen molar-refractivity contribution in [3.63, 3.8) is 0 Å². The minimum Gasteiger partial charge on any atom is -0.497 e. The molecule has 0 aliphatic carbocycles. The molecule has 8 nitrogen and oxygen atoms in total. The van der Waals surface area contributed by atoms with Crippen LogP contribution in [0.15, 0.2) is 73.3 Å². The average molecular weight is 417 g/mol. The number of hydrogen-bond donors (Lipinski definition) is 1. The molecular formula is C23H23N5O3. The van der Waals surface area contributed by atoms with Gasteiger partial charge in [-0.25, -0.2) is 9.67 Å². The molecule has 2 aromatic heterocycles. The standard InChI is InChI=1S/C23H23N5O3/c1-27-10-9-24-22(27)21(16-11-19(30-2)13-20(12-16)31-3)26-23(29)17-14-25-28(15-17)18-7-5-4-6-8-18/h4-15,21H,1-3H3,(H,26,29). The van der Waals surface area contributed by atoms with Gasteiger partial charge in [-0.15, -0.1) is 0 Å². The highest BCUT2D eigenvalue weighted by Gasteiger charge is 2.23. The molecule has 1 amide bonds. The minimum absolute atomic E-state index is 0.267. The fourth-order valence-corrected chi connectivity index (χ4v) is 3.32. The van der Waals surface area contributed by atoms with Gasteiger partial charge in [-0.1, -0.05) is 18.2 Å². The summed E-state index contributed by atoms with van der Waals surface area (Å²) in [4.78, 5) is 17.6. The Labute approximate surface area is 180 Å². The van der Waals surface area contributed by atoms with Gasteiger partial charge in [-0.05, 0) is 29.8 Å². The number of aryl methyl sites for hydroxylation is 1. The second-order valence-corrected chi connectivity index (χ2v) is 6.96. The molecule has 0 bridgehead atoms. The summed E-state index contributed by atoms with van der Waals surface area (Å²) < 4.78 is 14.3. The number of imidazole rings is 1. The van der Waals surface area contributed by atoms with Crippen LogP contribution in [0.1, 0.15) is 27.8 Å². The Morgan fingerprint density at radius 2 is 1.77 bits per heavy atom.